The minimum Gasteiger partial charge on any atom is -0.496 e. The van der Waals surface area contributed by atoms with Crippen LogP contribution in [-0.4, -0.2) is 25.1 Å². The molecule has 2 aromatic carbocycles. The van der Waals surface area contributed by atoms with Crippen LogP contribution in [0, 0.1) is 6.92 Å². The summed E-state index contributed by atoms with van der Waals surface area (Å²) in [5.41, 5.74) is 1.85. The van der Waals surface area contributed by atoms with Crippen LogP contribution in [0.3, 0.4) is 0 Å². The van der Waals surface area contributed by atoms with Gasteiger partial charge in [-0.25, -0.2) is 4.79 Å². The normalized spacial score (nSPS) is 11.9. The lowest BCUT2D eigenvalue weighted by molar-refractivity contribution is -0.129. The number of halogens is 1. The molecule has 1 atom stereocenters. The van der Waals surface area contributed by atoms with Crippen LogP contribution in [-0.2, 0) is 16.1 Å². The van der Waals surface area contributed by atoms with Gasteiger partial charge in [0.05, 0.1) is 12.1 Å². The molecule has 1 N–H and O–H groups in total. The van der Waals surface area contributed by atoms with Gasteiger partial charge < -0.3 is 19.2 Å². The molecule has 1 aromatic heterocycles. The number of furan rings is 1. The van der Waals surface area contributed by atoms with Crippen molar-refractivity contribution >= 4 is 34.4 Å². The number of methoxy groups -OCH3 is 1. The van der Waals surface area contributed by atoms with Gasteiger partial charge in [-0.2, -0.15) is 0 Å². The Morgan fingerprint density at radius 1 is 1.18 bits per heavy atom. The number of fused-ring (bicyclic) bond motifs is 1. The number of para-hydroxylation sites is 2. The number of carbonyl (C=O) groups is 2. The summed E-state index contributed by atoms with van der Waals surface area (Å²) >= 11 is 6.11. The first kappa shape index (κ1) is 19.8. The van der Waals surface area contributed by atoms with Gasteiger partial charge >= 0.3 is 5.97 Å². The van der Waals surface area contributed by atoms with Gasteiger partial charge in [-0.3, -0.25) is 4.79 Å². The van der Waals surface area contributed by atoms with E-state index >= 15 is 0 Å². The van der Waals surface area contributed by atoms with E-state index in [4.69, 9.17) is 25.5 Å². The van der Waals surface area contributed by atoms with Crippen molar-refractivity contribution < 1.29 is 23.5 Å². The van der Waals surface area contributed by atoms with Crippen molar-refractivity contribution in [2.45, 2.75) is 26.5 Å². The van der Waals surface area contributed by atoms with Crippen molar-refractivity contribution in [2.24, 2.45) is 0 Å². The van der Waals surface area contributed by atoms with Crippen LogP contribution in [0.4, 0.5) is 0 Å². The number of hydrogen-bond donors (Lipinski definition) is 1. The maximum Gasteiger partial charge on any atom is 0.375 e. The second kappa shape index (κ2) is 8.35. The molecule has 0 radical (unpaired) electrons. The third kappa shape index (κ3) is 3.97. The summed E-state index contributed by atoms with van der Waals surface area (Å²) in [7, 11) is 1.56. The summed E-state index contributed by atoms with van der Waals surface area (Å²) in [6.07, 6.45) is -0.995. The van der Waals surface area contributed by atoms with Crippen molar-refractivity contribution in [3.63, 3.8) is 0 Å². The number of amides is 1. The Kier molecular flexibility index (Phi) is 5.90. The number of ether oxygens (including phenoxy) is 2. The van der Waals surface area contributed by atoms with Crippen LogP contribution in [0.15, 0.2) is 46.9 Å². The molecule has 0 spiro atoms. The molecule has 0 aliphatic heterocycles. The predicted molar refractivity (Wildman–Crippen MR) is 106 cm³/mol. The number of carbonyl (C=O) groups excluding carboxylic acids is 2. The number of nitrogens with one attached hydrogen (secondary N) is 1. The number of benzene rings is 2. The summed E-state index contributed by atoms with van der Waals surface area (Å²) in [6.45, 7) is 3.50. The molecule has 146 valence electrons. The Balaban J connectivity index is 1.66. The molecule has 1 unspecified atom stereocenters. The van der Waals surface area contributed by atoms with E-state index in [-0.39, 0.29) is 12.3 Å². The molecule has 3 rings (SSSR count). The minimum absolute atomic E-state index is 0.0347. The highest BCUT2D eigenvalue weighted by Gasteiger charge is 2.24. The van der Waals surface area contributed by atoms with Gasteiger partial charge in [-0.15, -0.1) is 0 Å². The summed E-state index contributed by atoms with van der Waals surface area (Å²) in [4.78, 5) is 24.8. The van der Waals surface area contributed by atoms with Crippen LogP contribution >= 0.6 is 11.6 Å². The molecule has 0 bridgehead atoms. The predicted octanol–water partition coefficient (Wildman–Crippen LogP) is 4.26. The quantitative estimate of drug-likeness (QED) is 0.624. The Morgan fingerprint density at radius 2 is 1.93 bits per heavy atom. The zero-order chi connectivity index (χ0) is 20.3. The topological polar surface area (TPSA) is 77.8 Å². The van der Waals surface area contributed by atoms with E-state index in [1.54, 1.807) is 38.3 Å². The highest BCUT2D eigenvalue weighted by Crippen LogP contribution is 2.31. The van der Waals surface area contributed by atoms with Crippen molar-refractivity contribution in [3.05, 3.63) is 64.4 Å². The van der Waals surface area contributed by atoms with E-state index in [0.717, 1.165) is 10.9 Å². The number of rotatable bonds is 6. The highest BCUT2D eigenvalue weighted by molar-refractivity contribution is 6.35. The van der Waals surface area contributed by atoms with Gasteiger partial charge in [0.1, 0.15) is 5.75 Å². The van der Waals surface area contributed by atoms with Gasteiger partial charge in [0, 0.05) is 23.1 Å². The fourth-order valence-electron chi connectivity index (χ4n) is 2.85. The zero-order valence-electron chi connectivity index (χ0n) is 15.7. The molecular formula is C21H20ClNO5. The second-order valence-corrected chi connectivity index (χ2v) is 6.66. The van der Waals surface area contributed by atoms with E-state index in [0.29, 0.717) is 21.9 Å². The molecule has 0 saturated heterocycles. The fourth-order valence-corrected chi connectivity index (χ4v) is 3.06. The van der Waals surface area contributed by atoms with E-state index in [1.165, 1.54) is 6.92 Å². The molecule has 7 heteroatoms. The van der Waals surface area contributed by atoms with Crippen LogP contribution in [0.5, 0.6) is 5.75 Å². The Bertz CT molecular complexity index is 1030. The number of esters is 1. The molecule has 3 aromatic rings. The molecule has 1 heterocycles. The Labute approximate surface area is 167 Å². The third-order valence-corrected chi connectivity index (χ3v) is 4.70. The van der Waals surface area contributed by atoms with Crippen LogP contribution in [0.25, 0.3) is 11.0 Å². The van der Waals surface area contributed by atoms with Gasteiger partial charge in [-0.1, -0.05) is 41.9 Å². The zero-order valence-corrected chi connectivity index (χ0v) is 16.5. The van der Waals surface area contributed by atoms with Crippen molar-refractivity contribution in [1.29, 1.82) is 0 Å². The Hall–Kier alpha value is -2.99. The molecular weight excluding hydrogens is 382 g/mol. The van der Waals surface area contributed by atoms with Crippen molar-refractivity contribution in [3.8, 4) is 5.75 Å². The van der Waals surface area contributed by atoms with E-state index in [1.807, 2.05) is 18.2 Å². The standard InChI is InChI=1S/C21H20ClNO5/c1-12-15-8-6-9-16(22)19(15)28-18(12)21(25)27-13(2)20(24)23-11-14-7-4-5-10-17(14)26-3/h4-10,13H,11H2,1-3H3,(H,23,24). The largest absolute Gasteiger partial charge is 0.496 e. The third-order valence-electron chi connectivity index (χ3n) is 4.40. The minimum atomic E-state index is -0.995. The maximum atomic E-state index is 12.5. The van der Waals surface area contributed by atoms with Crippen LogP contribution in [0.1, 0.15) is 28.6 Å². The van der Waals surface area contributed by atoms with Gasteiger partial charge in [0.25, 0.3) is 5.91 Å². The number of hydrogen-bond acceptors (Lipinski definition) is 5. The van der Waals surface area contributed by atoms with Crippen molar-refractivity contribution in [2.75, 3.05) is 7.11 Å². The molecule has 1 amide bonds. The van der Waals surface area contributed by atoms with Crippen molar-refractivity contribution in [1.82, 2.24) is 5.32 Å². The Morgan fingerprint density at radius 3 is 2.64 bits per heavy atom. The monoisotopic (exact) mass is 401 g/mol. The maximum absolute atomic E-state index is 12.5. The summed E-state index contributed by atoms with van der Waals surface area (Å²) < 4.78 is 16.1. The van der Waals surface area contributed by atoms with Gasteiger partial charge in [0.2, 0.25) is 5.76 Å². The lowest BCUT2D eigenvalue weighted by Gasteiger charge is -2.14. The lowest BCUT2D eigenvalue weighted by atomic mass is 10.1. The summed E-state index contributed by atoms with van der Waals surface area (Å²) in [6, 6.07) is 12.6. The molecule has 28 heavy (non-hydrogen) atoms. The van der Waals surface area contributed by atoms with E-state index < -0.39 is 18.0 Å². The molecule has 6 nitrogen and oxygen atoms in total. The first-order valence-corrected chi connectivity index (χ1v) is 9.08. The SMILES string of the molecule is COc1ccccc1CNC(=O)C(C)OC(=O)c1oc2c(Cl)cccc2c1C. The summed E-state index contributed by atoms with van der Waals surface area (Å²) in [5, 5.41) is 3.87. The molecule has 0 saturated carbocycles. The van der Waals surface area contributed by atoms with Gasteiger partial charge in [0.15, 0.2) is 11.7 Å². The number of aryl methyl sites for hydroxylation is 1. The average molecular weight is 402 g/mol. The molecule has 0 aliphatic rings. The summed E-state index contributed by atoms with van der Waals surface area (Å²) in [5.74, 6) is -0.439. The fraction of sp³-hybridized carbons (Fsp3) is 0.238. The lowest BCUT2D eigenvalue weighted by Crippen LogP contribution is -2.35. The first-order chi connectivity index (χ1) is 13.4. The first-order valence-electron chi connectivity index (χ1n) is 8.70. The second-order valence-electron chi connectivity index (χ2n) is 6.25. The smallest absolute Gasteiger partial charge is 0.375 e. The van der Waals surface area contributed by atoms with E-state index in [2.05, 4.69) is 5.32 Å². The molecule has 0 aliphatic carbocycles. The van der Waals surface area contributed by atoms with Crippen LogP contribution in [0.2, 0.25) is 5.02 Å². The van der Waals surface area contributed by atoms with E-state index in [9.17, 15) is 9.59 Å². The average Bonchev–Trinajstić information content (AvgIpc) is 3.04. The molecule has 0 fully saturated rings. The van der Waals surface area contributed by atoms with Gasteiger partial charge in [-0.05, 0) is 26.0 Å². The van der Waals surface area contributed by atoms with Crippen LogP contribution < -0.4 is 10.1 Å². The highest BCUT2D eigenvalue weighted by atomic mass is 35.5.